The van der Waals surface area contributed by atoms with E-state index in [9.17, 15) is 12.8 Å². The summed E-state index contributed by atoms with van der Waals surface area (Å²) in [4.78, 5) is 7.69. The average Bonchev–Trinajstić information content (AvgIpc) is 3.32. The molecule has 2 aromatic heterocycles. The number of nitrogens with zero attached hydrogens (tertiary/aromatic N) is 4. The SMILES string of the molecule is NS(=O)(=O)c1ccc(-c2nc(-c3cccc(Cn4ccnc4)c3)no2)cc1F. The van der Waals surface area contributed by atoms with Crippen LogP contribution in [0.25, 0.3) is 22.8 Å². The van der Waals surface area contributed by atoms with Gasteiger partial charge in [-0.05, 0) is 29.8 Å². The third kappa shape index (κ3) is 3.68. The van der Waals surface area contributed by atoms with Crippen molar-refractivity contribution in [2.75, 3.05) is 0 Å². The van der Waals surface area contributed by atoms with Crippen molar-refractivity contribution in [3.8, 4) is 22.8 Å². The third-order valence-electron chi connectivity index (χ3n) is 4.02. The number of imidazole rings is 1. The second kappa shape index (κ2) is 6.98. The van der Waals surface area contributed by atoms with E-state index in [4.69, 9.17) is 9.66 Å². The van der Waals surface area contributed by atoms with E-state index in [2.05, 4.69) is 15.1 Å². The van der Waals surface area contributed by atoms with Gasteiger partial charge in [-0.2, -0.15) is 4.98 Å². The number of hydrogen-bond acceptors (Lipinski definition) is 6. The van der Waals surface area contributed by atoms with E-state index >= 15 is 0 Å². The molecule has 2 aromatic carbocycles. The lowest BCUT2D eigenvalue weighted by Gasteiger charge is -2.03. The van der Waals surface area contributed by atoms with Gasteiger partial charge in [-0.15, -0.1) is 0 Å². The van der Waals surface area contributed by atoms with Gasteiger partial charge in [0.25, 0.3) is 5.89 Å². The molecule has 142 valence electrons. The summed E-state index contributed by atoms with van der Waals surface area (Å²) in [5.41, 5.74) is 2.00. The Kier molecular flexibility index (Phi) is 4.49. The number of benzene rings is 2. The molecule has 28 heavy (non-hydrogen) atoms. The first-order chi connectivity index (χ1) is 13.4. The van der Waals surface area contributed by atoms with Gasteiger partial charge in [0.05, 0.1) is 6.33 Å². The lowest BCUT2D eigenvalue weighted by Crippen LogP contribution is -2.13. The average molecular weight is 399 g/mol. The van der Waals surface area contributed by atoms with Crippen molar-refractivity contribution in [2.45, 2.75) is 11.4 Å². The predicted molar refractivity (Wildman–Crippen MR) is 97.8 cm³/mol. The largest absolute Gasteiger partial charge is 0.334 e. The van der Waals surface area contributed by atoms with Gasteiger partial charge in [-0.1, -0.05) is 23.4 Å². The smallest absolute Gasteiger partial charge is 0.258 e. The molecule has 8 nitrogen and oxygen atoms in total. The lowest BCUT2D eigenvalue weighted by atomic mass is 10.1. The highest BCUT2D eigenvalue weighted by molar-refractivity contribution is 7.89. The Bertz CT molecular complexity index is 1240. The Morgan fingerprint density at radius 3 is 2.71 bits per heavy atom. The first-order valence-electron chi connectivity index (χ1n) is 8.11. The Hall–Kier alpha value is -3.37. The minimum atomic E-state index is -4.14. The Balaban J connectivity index is 1.62. The Morgan fingerprint density at radius 1 is 1.14 bits per heavy atom. The first kappa shape index (κ1) is 18.0. The maximum Gasteiger partial charge on any atom is 0.258 e. The van der Waals surface area contributed by atoms with E-state index < -0.39 is 20.7 Å². The highest BCUT2D eigenvalue weighted by atomic mass is 32.2. The topological polar surface area (TPSA) is 117 Å². The van der Waals surface area contributed by atoms with Crippen molar-refractivity contribution in [1.82, 2.24) is 19.7 Å². The van der Waals surface area contributed by atoms with E-state index in [1.165, 1.54) is 6.07 Å². The molecule has 0 aliphatic rings. The molecule has 0 unspecified atom stereocenters. The molecule has 0 bridgehead atoms. The van der Waals surface area contributed by atoms with Crippen LogP contribution < -0.4 is 5.14 Å². The fourth-order valence-electron chi connectivity index (χ4n) is 2.72. The summed E-state index contributed by atoms with van der Waals surface area (Å²) in [5.74, 6) is -0.588. The zero-order valence-corrected chi connectivity index (χ0v) is 15.2. The minimum absolute atomic E-state index is 0.0647. The molecule has 0 saturated carbocycles. The quantitative estimate of drug-likeness (QED) is 0.551. The van der Waals surface area contributed by atoms with Gasteiger partial charge in [0.15, 0.2) is 0 Å². The molecular weight excluding hydrogens is 385 g/mol. The lowest BCUT2D eigenvalue weighted by molar-refractivity contribution is 0.432. The zero-order chi connectivity index (χ0) is 19.7. The summed E-state index contributed by atoms with van der Waals surface area (Å²) in [6, 6.07) is 11.0. The molecule has 4 aromatic rings. The Morgan fingerprint density at radius 2 is 2.00 bits per heavy atom. The summed E-state index contributed by atoms with van der Waals surface area (Å²) in [6.07, 6.45) is 5.29. The van der Waals surface area contributed by atoms with Crippen LogP contribution in [0.3, 0.4) is 0 Å². The molecule has 10 heteroatoms. The maximum atomic E-state index is 14.0. The van der Waals surface area contributed by atoms with Gasteiger partial charge in [-0.25, -0.2) is 22.9 Å². The van der Waals surface area contributed by atoms with Crippen LogP contribution in [0.15, 0.2) is 70.6 Å². The van der Waals surface area contributed by atoms with Crippen LogP contribution in [-0.4, -0.2) is 28.1 Å². The van der Waals surface area contributed by atoms with Crippen molar-refractivity contribution in [3.05, 3.63) is 72.6 Å². The van der Waals surface area contributed by atoms with Crippen molar-refractivity contribution in [2.24, 2.45) is 5.14 Å². The molecule has 0 spiro atoms. The Labute approximate surface area is 159 Å². The van der Waals surface area contributed by atoms with Crippen LogP contribution in [0.5, 0.6) is 0 Å². The van der Waals surface area contributed by atoms with Gasteiger partial charge in [0, 0.05) is 30.1 Å². The van der Waals surface area contributed by atoms with E-state index in [0.29, 0.717) is 12.4 Å². The fraction of sp³-hybridized carbons (Fsp3) is 0.0556. The molecule has 2 N–H and O–H groups in total. The second-order valence-corrected chi connectivity index (χ2v) is 7.58. The summed E-state index contributed by atoms with van der Waals surface area (Å²) in [7, 11) is -4.14. The molecule has 2 heterocycles. The van der Waals surface area contributed by atoms with Crippen LogP contribution >= 0.6 is 0 Å². The van der Waals surface area contributed by atoms with E-state index in [1.807, 2.05) is 35.0 Å². The predicted octanol–water partition coefficient (Wildman–Crippen LogP) is 2.43. The number of aromatic nitrogens is 4. The maximum absolute atomic E-state index is 14.0. The van der Waals surface area contributed by atoms with E-state index in [-0.39, 0.29) is 11.5 Å². The zero-order valence-electron chi connectivity index (χ0n) is 14.4. The second-order valence-electron chi connectivity index (χ2n) is 6.05. The normalized spacial score (nSPS) is 11.6. The highest BCUT2D eigenvalue weighted by Gasteiger charge is 2.17. The molecule has 0 saturated heterocycles. The van der Waals surface area contributed by atoms with Crippen LogP contribution in [0, 0.1) is 5.82 Å². The fourth-order valence-corrected chi connectivity index (χ4v) is 3.31. The molecule has 0 fully saturated rings. The first-order valence-corrected chi connectivity index (χ1v) is 9.66. The molecule has 0 atom stereocenters. The number of nitrogens with two attached hydrogens (primary N) is 1. The van der Waals surface area contributed by atoms with Gasteiger partial charge in [0.1, 0.15) is 10.7 Å². The van der Waals surface area contributed by atoms with E-state index in [0.717, 1.165) is 23.3 Å². The summed E-state index contributed by atoms with van der Waals surface area (Å²) in [6.45, 7) is 0.638. The third-order valence-corrected chi connectivity index (χ3v) is 4.97. The molecule has 0 aliphatic carbocycles. The monoisotopic (exact) mass is 399 g/mol. The summed E-state index contributed by atoms with van der Waals surface area (Å²) >= 11 is 0. The molecular formula is C18H14FN5O3S. The van der Waals surface area contributed by atoms with Crippen molar-refractivity contribution in [1.29, 1.82) is 0 Å². The van der Waals surface area contributed by atoms with Gasteiger partial charge in [0.2, 0.25) is 15.8 Å². The van der Waals surface area contributed by atoms with E-state index in [1.54, 1.807) is 12.5 Å². The van der Waals surface area contributed by atoms with Crippen LogP contribution in [-0.2, 0) is 16.6 Å². The number of halogens is 1. The van der Waals surface area contributed by atoms with Gasteiger partial charge in [-0.3, -0.25) is 0 Å². The molecule has 4 rings (SSSR count). The van der Waals surface area contributed by atoms with Gasteiger partial charge >= 0.3 is 0 Å². The minimum Gasteiger partial charge on any atom is -0.334 e. The van der Waals surface area contributed by atoms with Crippen LogP contribution in [0.4, 0.5) is 4.39 Å². The van der Waals surface area contributed by atoms with Crippen LogP contribution in [0.1, 0.15) is 5.56 Å². The highest BCUT2D eigenvalue weighted by Crippen LogP contribution is 2.25. The van der Waals surface area contributed by atoms with Crippen molar-refractivity contribution < 1.29 is 17.3 Å². The number of sulfonamides is 1. The standard InChI is InChI=1S/C18H14FN5O3S/c19-15-9-14(4-5-16(15)28(20,25)26)18-22-17(23-27-18)13-3-1-2-12(8-13)10-24-7-6-21-11-24/h1-9,11H,10H2,(H2,20,25,26). The summed E-state index contributed by atoms with van der Waals surface area (Å²) < 4.78 is 43.8. The summed E-state index contributed by atoms with van der Waals surface area (Å²) in [5, 5.41) is 8.90. The van der Waals surface area contributed by atoms with Crippen LogP contribution in [0.2, 0.25) is 0 Å². The number of rotatable bonds is 5. The molecule has 0 radical (unpaired) electrons. The number of hydrogen-bond donors (Lipinski definition) is 1. The molecule has 0 amide bonds. The molecule has 0 aliphatic heterocycles. The number of primary sulfonamides is 1. The van der Waals surface area contributed by atoms with Crippen molar-refractivity contribution in [3.63, 3.8) is 0 Å². The van der Waals surface area contributed by atoms with Gasteiger partial charge < -0.3 is 9.09 Å². The van der Waals surface area contributed by atoms with Crippen molar-refractivity contribution >= 4 is 10.0 Å².